The predicted octanol–water partition coefficient (Wildman–Crippen LogP) is 3.97. The second kappa shape index (κ2) is 7.78. The van der Waals surface area contributed by atoms with E-state index in [2.05, 4.69) is 20.4 Å². The number of rotatable bonds is 5. The highest BCUT2D eigenvalue weighted by Crippen LogP contribution is 2.39. The summed E-state index contributed by atoms with van der Waals surface area (Å²) < 4.78 is 45.1. The van der Waals surface area contributed by atoms with E-state index in [4.69, 9.17) is 0 Å². The molecule has 10 heteroatoms. The summed E-state index contributed by atoms with van der Waals surface area (Å²) in [6, 6.07) is 10.9. The minimum atomic E-state index is -2.95. The molecule has 0 radical (unpaired) electrons. The van der Waals surface area contributed by atoms with Crippen molar-refractivity contribution in [3.05, 3.63) is 71.3 Å². The van der Waals surface area contributed by atoms with E-state index in [1.807, 2.05) is 0 Å². The van der Waals surface area contributed by atoms with Gasteiger partial charge in [-0.15, -0.1) is 10.2 Å². The number of Topliss-reactive ketones (excluding diaryl/α,β-unsaturated/α-hetero) is 1. The third-order valence-corrected chi connectivity index (χ3v) is 5.68. The minimum absolute atomic E-state index is 0.0491. The highest BCUT2D eigenvalue weighted by molar-refractivity contribution is 8.00. The SMILES string of the molecule is Cc1nnc2n1N[C@H](c1ccccc1F)[C@H](C(=O)c1ccc(OC(F)F)cc1)S2. The van der Waals surface area contributed by atoms with Crippen LogP contribution in [0.3, 0.4) is 0 Å². The van der Waals surface area contributed by atoms with Gasteiger partial charge in [0.25, 0.3) is 0 Å². The first-order valence-electron chi connectivity index (χ1n) is 8.63. The fourth-order valence-electron chi connectivity index (χ4n) is 3.09. The van der Waals surface area contributed by atoms with Crippen molar-refractivity contribution in [2.75, 3.05) is 5.43 Å². The normalized spacial score (nSPS) is 18.2. The molecule has 4 rings (SSSR count). The van der Waals surface area contributed by atoms with Crippen LogP contribution in [0.4, 0.5) is 13.2 Å². The van der Waals surface area contributed by atoms with Gasteiger partial charge in [0.15, 0.2) is 5.78 Å². The Balaban J connectivity index is 1.69. The van der Waals surface area contributed by atoms with Gasteiger partial charge in [-0.1, -0.05) is 30.0 Å². The molecule has 150 valence electrons. The summed E-state index contributed by atoms with van der Waals surface area (Å²) in [7, 11) is 0. The number of alkyl halides is 2. The molecule has 1 aromatic heterocycles. The number of aromatic nitrogens is 3. The number of halogens is 3. The molecule has 1 aliphatic heterocycles. The van der Waals surface area contributed by atoms with Gasteiger partial charge in [0.1, 0.15) is 22.6 Å². The smallest absolute Gasteiger partial charge is 0.387 e. The number of ether oxygens (including phenoxy) is 1. The molecule has 2 aromatic carbocycles. The van der Waals surface area contributed by atoms with Crippen molar-refractivity contribution < 1.29 is 22.7 Å². The van der Waals surface area contributed by atoms with Gasteiger partial charge in [-0.2, -0.15) is 8.78 Å². The Morgan fingerprint density at radius 2 is 1.90 bits per heavy atom. The molecule has 0 aliphatic carbocycles. The van der Waals surface area contributed by atoms with Crippen LogP contribution in [0, 0.1) is 12.7 Å². The Labute approximate surface area is 168 Å². The second-order valence-electron chi connectivity index (χ2n) is 6.30. The van der Waals surface area contributed by atoms with Crippen LogP contribution in [0.5, 0.6) is 5.75 Å². The van der Waals surface area contributed by atoms with Gasteiger partial charge in [-0.25, -0.2) is 9.07 Å². The molecular weight excluding hydrogens is 405 g/mol. The molecular formula is C19H15F3N4O2S. The van der Waals surface area contributed by atoms with Crippen molar-refractivity contribution in [3.8, 4) is 5.75 Å². The Hall–Kier alpha value is -3.01. The molecule has 0 unspecified atom stereocenters. The number of nitrogens with zero attached hydrogens (tertiary/aromatic N) is 3. The van der Waals surface area contributed by atoms with E-state index in [1.165, 1.54) is 42.1 Å². The van der Waals surface area contributed by atoms with E-state index in [9.17, 15) is 18.0 Å². The van der Waals surface area contributed by atoms with E-state index in [0.29, 0.717) is 16.5 Å². The maximum absolute atomic E-state index is 14.5. The van der Waals surface area contributed by atoms with Crippen molar-refractivity contribution in [1.82, 2.24) is 14.9 Å². The molecule has 3 aromatic rings. The summed E-state index contributed by atoms with van der Waals surface area (Å²) in [5.41, 5.74) is 3.74. The molecule has 0 saturated heterocycles. The highest BCUT2D eigenvalue weighted by Gasteiger charge is 2.38. The van der Waals surface area contributed by atoms with Crippen LogP contribution in [0.2, 0.25) is 0 Å². The summed E-state index contributed by atoms with van der Waals surface area (Å²) >= 11 is 1.17. The highest BCUT2D eigenvalue weighted by atomic mass is 32.2. The third-order valence-electron chi connectivity index (χ3n) is 4.46. The zero-order valence-corrected chi connectivity index (χ0v) is 15.9. The minimum Gasteiger partial charge on any atom is -0.435 e. The number of benzene rings is 2. The molecule has 29 heavy (non-hydrogen) atoms. The molecule has 0 fully saturated rings. The fourth-order valence-corrected chi connectivity index (χ4v) is 4.28. The molecule has 2 atom stereocenters. The van der Waals surface area contributed by atoms with E-state index in [-0.39, 0.29) is 17.1 Å². The molecule has 1 N–H and O–H groups in total. The van der Waals surface area contributed by atoms with Crippen LogP contribution < -0.4 is 10.2 Å². The van der Waals surface area contributed by atoms with Crippen LogP contribution in [0.1, 0.15) is 27.8 Å². The number of nitrogens with one attached hydrogen (secondary N) is 1. The van der Waals surface area contributed by atoms with Crippen molar-refractivity contribution >= 4 is 17.5 Å². The number of ketones is 1. The average Bonchev–Trinajstić information content (AvgIpc) is 3.07. The van der Waals surface area contributed by atoms with Gasteiger partial charge in [-0.05, 0) is 37.3 Å². The monoisotopic (exact) mass is 420 g/mol. The molecule has 6 nitrogen and oxygen atoms in total. The van der Waals surface area contributed by atoms with Crippen molar-refractivity contribution in [2.24, 2.45) is 0 Å². The van der Waals surface area contributed by atoms with E-state index in [1.54, 1.807) is 29.8 Å². The van der Waals surface area contributed by atoms with Gasteiger partial charge in [0.2, 0.25) is 5.16 Å². The van der Waals surface area contributed by atoms with Gasteiger partial charge >= 0.3 is 6.61 Å². The molecule has 2 heterocycles. The number of hydrogen-bond acceptors (Lipinski definition) is 6. The van der Waals surface area contributed by atoms with Crippen LogP contribution in [-0.2, 0) is 0 Å². The molecule has 1 aliphatic rings. The fraction of sp³-hybridized carbons (Fsp3) is 0.211. The third kappa shape index (κ3) is 3.80. The quantitative estimate of drug-likeness (QED) is 0.630. The van der Waals surface area contributed by atoms with Crippen LogP contribution >= 0.6 is 11.8 Å². The van der Waals surface area contributed by atoms with Gasteiger partial charge < -0.3 is 10.2 Å². The zero-order chi connectivity index (χ0) is 20.5. The molecule has 0 amide bonds. The lowest BCUT2D eigenvalue weighted by molar-refractivity contribution is -0.0498. The summed E-state index contributed by atoms with van der Waals surface area (Å²) in [6.45, 7) is -1.21. The standard InChI is InChI=1S/C19H15F3N4O2S/c1-10-23-24-19-26(10)25-15(13-4-2-3-5-14(13)20)17(29-19)16(27)11-6-8-12(9-7-11)28-18(21)22/h2-9,15,17-18,25H,1H3/t15-,17-/m1/s1. The summed E-state index contributed by atoms with van der Waals surface area (Å²) in [4.78, 5) is 13.2. The lowest BCUT2D eigenvalue weighted by atomic mass is 9.97. The number of fused-ring (bicyclic) bond motifs is 1. The Morgan fingerprint density at radius 3 is 2.59 bits per heavy atom. The van der Waals surface area contributed by atoms with Crippen LogP contribution in [0.15, 0.2) is 53.7 Å². The number of carbonyl (C=O) groups excluding carboxylic acids is 1. The van der Waals surface area contributed by atoms with Crippen LogP contribution in [0.25, 0.3) is 0 Å². The van der Waals surface area contributed by atoms with Crippen molar-refractivity contribution in [2.45, 2.75) is 30.0 Å². The number of aryl methyl sites for hydroxylation is 1. The second-order valence-corrected chi connectivity index (χ2v) is 7.41. The average molecular weight is 420 g/mol. The van der Waals surface area contributed by atoms with Gasteiger partial charge in [-0.3, -0.25) is 4.79 Å². The predicted molar refractivity (Wildman–Crippen MR) is 100 cm³/mol. The summed E-state index contributed by atoms with van der Waals surface area (Å²) in [5, 5.41) is 7.77. The first-order valence-corrected chi connectivity index (χ1v) is 9.50. The lowest BCUT2D eigenvalue weighted by Gasteiger charge is -2.33. The topological polar surface area (TPSA) is 69.0 Å². The van der Waals surface area contributed by atoms with Crippen molar-refractivity contribution in [3.63, 3.8) is 0 Å². The van der Waals surface area contributed by atoms with E-state index in [0.717, 1.165) is 0 Å². The van der Waals surface area contributed by atoms with Crippen molar-refractivity contribution in [1.29, 1.82) is 0 Å². The van der Waals surface area contributed by atoms with Gasteiger partial charge in [0.05, 0.1) is 6.04 Å². The molecule has 0 spiro atoms. The van der Waals surface area contributed by atoms with E-state index < -0.39 is 23.7 Å². The lowest BCUT2D eigenvalue weighted by Crippen LogP contribution is -2.39. The maximum atomic E-state index is 14.5. The van der Waals surface area contributed by atoms with Crippen LogP contribution in [-0.4, -0.2) is 32.5 Å². The number of thioether (sulfide) groups is 1. The Bertz CT molecular complexity index is 1040. The first kappa shape index (κ1) is 19.3. The maximum Gasteiger partial charge on any atom is 0.387 e. The molecule has 0 saturated carbocycles. The Morgan fingerprint density at radius 1 is 1.17 bits per heavy atom. The first-order chi connectivity index (χ1) is 13.9. The Kier molecular flexibility index (Phi) is 5.18. The van der Waals surface area contributed by atoms with Gasteiger partial charge in [0, 0.05) is 11.1 Å². The number of hydrogen-bond donors (Lipinski definition) is 1. The summed E-state index contributed by atoms with van der Waals surface area (Å²) in [5.74, 6) is -0.218. The molecule has 0 bridgehead atoms. The van der Waals surface area contributed by atoms with E-state index >= 15 is 0 Å². The summed E-state index contributed by atoms with van der Waals surface area (Å²) in [6.07, 6.45) is 0. The largest absolute Gasteiger partial charge is 0.435 e. The number of carbonyl (C=O) groups is 1. The zero-order valence-electron chi connectivity index (χ0n) is 15.1.